The second kappa shape index (κ2) is 8.37. The Bertz CT molecular complexity index is 1290. The van der Waals surface area contributed by atoms with E-state index in [1.165, 1.54) is 13.0 Å². The van der Waals surface area contributed by atoms with Gasteiger partial charge in [0.05, 0.1) is 23.0 Å². The van der Waals surface area contributed by atoms with E-state index in [4.69, 9.17) is 11.6 Å². The molecule has 1 aliphatic carbocycles. The van der Waals surface area contributed by atoms with Crippen LogP contribution in [-0.2, 0) is 22.4 Å². The zero-order valence-corrected chi connectivity index (χ0v) is 18.9. The molecule has 2 aromatic heterocycles. The van der Waals surface area contributed by atoms with Gasteiger partial charge < -0.3 is 9.30 Å². The summed E-state index contributed by atoms with van der Waals surface area (Å²) in [7, 11) is 0. The fourth-order valence-electron chi connectivity index (χ4n) is 4.98. The number of benzene rings is 1. The molecule has 1 amide bonds. The number of aryl methyl sites for hydroxylation is 1. The maximum atomic E-state index is 14.2. The van der Waals surface area contributed by atoms with Crippen molar-refractivity contribution in [3.63, 3.8) is 0 Å². The Morgan fingerprint density at radius 3 is 2.76 bits per heavy atom. The normalized spacial score (nSPS) is 21.3. The summed E-state index contributed by atoms with van der Waals surface area (Å²) < 4.78 is 15.9. The van der Waals surface area contributed by atoms with Crippen LogP contribution in [0.1, 0.15) is 48.1 Å². The van der Waals surface area contributed by atoms with E-state index in [1.807, 2.05) is 12.1 Å². The minimum atomic E-state index is -0.498. The first kappa shape index (κ1) is 21.8. The molecule has 2 aliphatic rings. The first-order valence-corrected chi connectivity index (χ1v) is 11.5. The van der Waals surface area contributed by atoms with Crippen LogP contribution < -0.4 is 0 Å². The number of pyridine rings is 1. The maximum absolute atomic E-state index is 14.2. The van der Waals surface area contributed by atoms with Crippen molar-refractivity contribution in [2.75, 3.05) is 0 Å². The lowest BCUT2D eigenvalue weighted by atomic mass is 10.00. The summed E-state index contributed by atoms with van der Waals surface area (Å²) in [5, 5.41) is 0.0377. The molecule has 1 saturated carbocycles. The van der Waals surface area contributed by atoms with Crippen molar-refractivity contribution in [3.05, 3.63) is 70.5 Å². The molecule has 0 radical (unpaired) electrons. The van der Waals surface area contributed by atoms with Crippen molar-refractivity contribution >= 4 is 34.6 Å². The van der Waals surface area contributed by atoms with Crippen LogP contribution in [0.3, 0.4) is 0 Å². The number of nitrogens with zero attached hydrogens (tertiary/aromatic N) is 3. The number of carbonyl (C=O) groups excluding carboxylic acids is 3. The second-order valence-electron chi connectivity index (χ2n) is 8.86. The van der Waals surface area contributed by atoms with Crippen molar-refractivity contribution in [1.29, 1.82) is 0 Å². The molecule has 0 unspecified atom stereocenters. The maximum Gasteiger partial charge on any atom is 0.231 e. The first-order valence-electron chi connectivity index (χ1n) is 11.1. The minimum absolute atomic E-state index is 0.00831. The number of piperidine rings is 1. The number of hydrogen-bond donors (Lipinski definition) is 0. The van der Waals surface area contributed by atoms with Gasteiger partial charge in [-0.2, -0.15) is 0 Å². The van der Waals surface area contributed by atoms with Crippen molar-refractivity contribution < 1.29 is 18.8 Å². The predicted molar refractivity (Wildman–Crippen MR) is 121 cm³/mol. The quantitative estimate of drug-likeness (QED) is 0.491. The zero-order valence-electron chi connectivity index (χ0n) is 18.1. The molecule has 170 valence electrons. The average Bonchev–Trinajstić information content (AvgIpc) is 3.30. The van der Waals surface area contributed by atoms with E-state index in [0.29, 0.717) is 34.9 Å². The molecule has 1 saturated heterocycles. The first-order chi connectivity index (χ1) is 15.8. The lowest BCUT2D eigenvalue weighted by Gasteiger charge is -2.26. The minimum Gasteiger partial charge on any atom is -0.329 e. The number of Topliss-reactive ketones (excluding diaryl/α,β-unsaturated/α-hetero) is 2. The fraction of sp³-hybridized carbons (Fsp3) is 0.360. The van der Waals surface area contributed by atoms with Gasteiger partial charge in [0.25, 0.3) is 0 Å². The van der Waals surface area contributed by atoms with E-state index in [1.54, 1.807) is 33.7 Å². The van der Waals surface area contributed by atoms with Gasteiger partial charge in [0.1, 0.15) is 17.3 Å². The van der Waals surface area contributed by atoms with Crippen molar-refractivity contribution in [2.24, 2.45) is 5.92 Å². The Labute approximate surface area is 195 Å². The third kappa shape index (κ3) is 3.95. The van der Waals surface area contributed by atoms with Gasteiger partial charge in [-0.1, -0.05) is 29.8 Å². The van der Waals surface area contributed by atoms with Crippen molar-refractivity contribution in [2.45, 2.75) is 51.1 Å². The van der Waals surface area contributed by atoms with Gasteiger partial charge in [-0.05, 0) is 48.9 Å². The molecule has 2 fully saturated rings. The number of likely N-dealkylation sites (tertiary alicyclic amines) is 1. The number of ketones is 2. The highest BCUT2D eigenvalue weighted by Crippen LogP contribution is 2.48. The Kier molecular flexibility index (Phi) is 5.52. The Hall–Kier alpha value is -3.06. The number of halogens is 2. The molecule has 1 aromatic carbocycles. The topological polar surface area (TPSA) is 71.8 Å². The summed E-state index contributed by atoms with van der Waals surface area (Å²) in [6.45, 7) is 1.45. The molecule has 8 heteroatoms. The van der Waals surface area contributed by atoms with Crippen LogP contribution in [0.15, 0.2) is 42.6 Å². The summed E-state index contributed by atoms with van der Waals surface area (Å²) >= 11 is 5.84. The fourth-order valence-corrected chi connectivity index (χ4v) is 5.17. The molecule has 0 spiro atoms. The summed E-state index contributed by atoms with van der Waals surface area (Å²) in [5.41, 5.74) is 1.40. The molecular weight excluding hydrogens is 445 g/mol. The molecule has 0 N–H and O–H groups in total. The van der Waals surface area contributed by atoms with E-state index in [9.17, 15) is 18.8 Å². The highest BCUT2D eigenvalue weighted by molar-refractivity contribution is 6.30. The molecule has 0 bridgehead atoms. The number of imidazole rings is 1. The largest absolute Gasteiger partial charge is 0.329 e. The van der Waals surface area contributed by atoms with E-state index in [-0.39, 0.29) is 47.8 Å². The summed E-state index contributed by atoms with van der Waals surface area (Å²) in [6, 6.07) is 9.78. The summed E-state index contributed by atoms with van der Waals surface area (Å²) in [5.74, 6) is -0.0677. The molecule has 1 aliphatic heterocycles. The number of aromatic nitrogens is 2. The molecule has 3 heterocycles. The molecular formula is C25H23ClFN3O3. The van der Waals surface area contributed by atoms with Gasteiger partial charge in [0.15, 0.2) is 11.6 Å². The summed E-state index contributed by atoms with van der Waals surface area (Å²) in [4.78, 5) is 44.5. The highest BCUT2D eigenvalue weighted by atomic mass is 35.5. The SMILES string of the molecule is CC(=O)c1nc(CC(=O)N2[C@@H]3C[C@@H]3C[C@H]2C(=O)CCc2cccc(Cl)c2F)n2ccccc12. The highest BCUT2D eigenvalue weighted by Gasteiger charge is 2.55. The molecule has 3 atom stereocenters. The van der Waals surface area contributed by atoms with Gasteiger partial charge in [-0.15, -0.1) is 0 Å². The second-order valence-corrected chi connectivity index (χ2v) is 9.27. The Morgan fingerprint density at radius 1 is 1.15 bits per heavy atom. The monoisotopic (exact) mass is 467 g/mol. The van der Waals surface area contributed by atoms with Crippen molar-refractivity contribution in [3.8, 4) is 0 Å². The lowest BCUT2D eigenvalue weighted by Crippen LogP contribution is -2.44. The lowest BCUT2D eigenvalue weighted by molar-refractivity contribution is -0.138. The van der Waals surface area contributed by atoms with Crippen LogP contribution in [0.5, 0.6) is 0 Å². The van der Waals surface area contributed by atoms with Gasteiger partial charge in [0, 0.05) is 25.6 Å². The number of hydrogen-bond acceptors (Lipinski definition) is 4. The van der Waals surface area contributed by atoms with Crippen LogP contribution in [0, 0.1) is 11.7 Å². The van der Waals surface area contributed by atoms with Crippen LogP contribution in [-0.4, -0.2) is 43.8 Å². The molecule has 33 heavy (non-hydrogen) atoms. The Morgan fingerprint density at radius 2 is 1.97 bits per heavy atom. The number of fused-ring (bicyclic) bond motifs is 2. The van der Waals surface area contributed by atoms with E-state index < -0.39 is 11.9 Å². The molecule has 3 aromatic rings. The average molecular weight is 468 g/mol. The standard InChI is InChI=1S/C25H23ClFN3O3/c1-14(31)25-18-7-2-3-10-29(18)22(28-25)13-23(33)30-19-11-16(19)12-20(30)21(32)9-8-15-5-4-6-17(26)24(15)27/h2-7,10,16,19-20H,8-9,11-13H2,1H3/t16-,19-,20+/m1/s1. The molecule has 6 nitrogen and oxygen atoms in total. The third-order valence-electron chi connectivity index (χ3n) is 6.70. The Balaban J connectivity index is 1.33. The van der Waals surface area contributed by atoms with Gasteiger partial charge in [0.2, 0.25) is 5.91 Å². The van der Waals surface area contributed by atoms with Gasteiger partial charge >= 0.3 is 0 Å². The van der Waals surface area contributed by atoms with Crippen LogP contribution in [0.4, 0.5) is 4.39 Å². The van der Waals surface area contributed by atoms with Crippen LogP contribution >= 0.6 is 11.6 Å². The summed E-state index contributed by atoms with van der Waals surface area (Å²) in [6.07, 6.45) is 3.73. The number of carbonyl (C=O) groups is 3. The zero-order chi connectivity index (χ0) is 23.3. The number of rotatable bonds is 7. The van der Waals surface area contributed by atoms with Gasteiger partial charge in [-0.3, -0.25) is 14.4 Å². The van der Waals surface area contributed by atoms with E-state index in [0.717, 1.165) is 6.42 Å². The van der Waals surface area contributed by atoms with Gasteiger partial charge in [-0.25, -0.2) is 9.37 Å². The van der Waals surface area contributed by atoms with Crippen LogP contribution in [0.25, 0.3) is 5.52 Å². The third-order valence-corrected chi connectivity index (χ3v) is 6.99. The smallest absolute Gasteiger partial charge is 0.231 e. The number of amides is 1. The predicted octanol–water partition coefficient (Wildman–Crippen LogP) is 4.06. The van der Waals surface area contributed by atoms with Crippen LogP contribution in [0.2, 0.25) is 5.02 Å². The van der Waals surface area contributed by atoms with Crippen molar-refractivity contribution in [1.82, 2.24) is 14.3 Å². The van der Waals surface area contributed by atoms with E-state index in [2.05, 4.69) is 4.98 Å². The molecule has 5 rings (SSSR count). The van der Waals surface area contributed by atoms with E-state index >= 15 is 0 Å².